The van der Waals surface area contributed by atoms with Crippen LogP contribution in [0.25, 0.3) is 177 Å². The molecule has 0 saturated heterocycles. The van der Waals surface area contributed by atoms with Gasteiger partial charge in [0.1, 0.15) is 0 Å². The molecule has 8 heterocycles. The second kappa shape index (κ2) is 17.3. The molecule has 362 valence electrons. The Morgan fingerprint density at radius 1 is 0.286 bits per heavy atom. The van der Waals surface area contributed by atoms with E-state index in [-0.39, 0.29) is 21.1 Å². The first kappa shape index (κ1) is 44.9. The van der Waals surface area contributed by atoms with Gasteiger partial charge in [0, 0.05) is 66.0 Å². The van der Waals surface area contributed by atoms with Crippen molar-refractivity contribution in [1.82, 2.24) is 39.9 Å². The summed E-state index contributed by atoms with van der Waals surface area (Å²) in [5.74, 6) is 0. The van der Waals surface area contributed by atoms with Crippen LogP contribution in [0.2, 0.25) is 0 Å². The van der Waals surface area contributed by atoms with E-state index in [2.05, 4.69) is 167 Å². The van der Waals surface area contributed by atoms with E-state index in [4.69, 9.17) is 39.9 Å². The average Bonchev–Trinajstić information content (AvgIpc) is 4.39. The Hall–Kier alpha value is -8.35. The maximum atomic E-state index is 5.98. The van der Waals surface area contributed by atoms with Crippen LogP contribution in [0.1, 0.15) is 0 Å². The molecule has 8 bridgehead atoms. The summed E-state index contributed by atoms with van der Waals surface area (Å²) in [4.78, 5) is 44.5. The Morgan fingerprint density at radius 3 is 0.714 bits per heavy atom. The fraction of sp³-hybridized carbons (Fsp3) is 0. The molecule has 2 aliphatic heterocycles. The van der Waals surface area contributed by atoms with Gasteiger partial charge in [-0.15, -0.1) is 67.4 Å². The van der Waals surface area contributed by atoms with Gasteiger partial charge in [0.2, 0.25) is 0 Å². The van der Waals surface area contributed by atoms with E-state index < -0.39 is 0 Å². The summed E-state index contributed by atoms with van der Waals surface area (Å²) >= 11 is 6.24. The van der Waals surface area contributed by atoms with E-state index in [0.29, 0.717) is 0 Å². The minimum Gasteiger partial charge on any atom is -0.656 e. The van der Waals surface area contributed by atoms with Crippen LogP contribution in [-0.2, 0) is 21.1 Å². The van der Waals surface area contributed by atoms with Gasteiger partial charge in [0.05, 0.1) is 67.6 Å². The van der Waals surface area contributed by atoms with Crippen LogP contribution in [0.4, 0.5) is 0 Å². The normalized spacial score (nSPS) is 12.1. The van der Waals surface area contributed by atoms with Crippen molar-refractivity contribution in [3.05, 3.63) is 189 Å². The number of fused-ring (bicyclic) bond motifs is 4. The molecule has 8 aromatic carbocycles. The van der Waals surface area contributed by atoms with Crippen molar-refractivity contribution < 1.29 is 21.1 Å². The van der Waals surface area contributed by atoms with Gasteiger partial charge in [-0.05, 0) is 113 Å². The third-order valence-electron chi connectivity index (χ3n) is 15.1. The van der Waals surface area contributed by atoms with E-state index in [1.165, 1.54) is 0 Å². The predicted molar refractivity (Wildman–Crippen MR) is 317 cm³/mol. The number of benzene rings is 8. The Balaban J connectivity index is 0.00000498. The third kappa shape index (κ3) is 6.76. The number of hydrogen-bond acceptors (Lipinski definition) is 10. The van der Waals surface area contributed by atoms with Crippen molar-refractivity contribution in [1.29, 1.82) is 0 Å². The zero-order chi connectivity index (χ0) is 49.6. The summed E-state index contributed by atoms with van der Waals surface area (Å²) in [6.45, 7) is 0. The predicted octanol–water partition coefficient (Wildman–Crippen LogP) is 17.7. The van der Waals surface area contributed by atoms with Gasteiger partial charge < -0.3 is 9.97 Å². The molecule has 0 amide bonds. The monoisotopic (exact) mass is 1240 g/mol. The summed E-state index contributed by atoms with van der Waals surface area (Å²) in [6.07, 6.45) is 0. The van der Waals surface area contributed by atoms with Gasteiger partial charge in [0.25, 0.3) is 0 Å². The van der Waals surface area contributed by atoms with Crippen LogP contribution in [-0.4, -0.2) is 29.9 Å². The van der Waals surface area contributed by atoms with Crippen LogP contribution in [0.3, 0.4) is 0 Å². The molecule has 14 aromatic rings. The second-order valence-corrected chi connectivity index (χ2v) is 22.1. The Morgan fingerprint density at radius 2 is 0.506 bits per heavy atom. The average molecular weight is 1240 g/mol. The van der Waals surface area contributed by atoms with Gasteiger partial charge in [0.15, 0.2) is 0 Å². The van der Waals surface area contributed by atoms with E-state index in [0.717, 1.165) is 177 Å². The second-order valence-electron chi connectivity index (χ2n) is 19.2. The molecule has 0 unspecified atom stereocenters. The molecule has 0 spiro atoms. The quantitative estimate of drug-likeness (QED) is 0.172. The van der Waals surface area contributed by atoms with Crippen LogP contribution in [0.5, 0.6) is 0 Å². The van der Waals surface area contributed by atoms with Crippen molar-refractivity contribution in [3.8, 4) is 90.1 Å². The molecule has 6 aromatic heterocycles. The van der Waals surface area contributed by atoms with E-state index in [1.807, 2.05) is 22.0 Å². The fourth-order valence-corrected chi connectivity index (χ4v) is 13.9. The van der Waals surface area contributed by atoms with Gasteiger partial charge in [-0.1, -0.05) is 97.1 Å². The first-order chi connectivity index (χ1) is 37.7. The molecule has 77 heavy (non-hydrogen) atoms. The van der Waals surface area contributed by atoms with Crippen molar-refractivity contribution in [2.24, 2.45) is 0 Å². The molecule has 0 saturated carbocycles. The summed E-state index contributed by atoms with van der Waals surface area (Å²) in [6, 6.07) is 52.5. The van der Waals surface area contributed by atoms with E-state index in [9.17, 15) is 0 Å². The number of nitrogens with zero attached hydrogens (tertiary/aromatic N) is 8. The maximum Gasteiger partial charge on any atom is 2.00 e. The van der Waals surface area contributed by atoms with Gasteiger partial charge in [-0.3, -0.25) is 0 Å². The number of rotatable bonds is 4. The molecule has 0 radical (unpaired) electrons. The van der Waals surface area contributed by atoms with Crippen molar-refractivity contribution in [2.45, 2.75) is 0 Å². The molecule has 13 heteroatoms. The summed E-state index contributed by atoms with van der Waals surface area (Å²) in [5.41, 5.74) is 24.2. The van der Waals surface area contributed by atoms with Gasteiger partial charge in [-0.25, -0.2) is 29.9 Å². The van der Waals surface area contributed by atoms with Crippen molar-refractivity contribution in [3.63, 3.8) is 0 Å². The summed E-state index contributed by atoms with van der Waals surface area (Å²) in [7, 11) is 0. The van der Waals surface area contributed by atoms with E-state index in [1.54, 1.807) is 45.3 Å². The number of thiazole rings is 4. The first-order valence-corrected chi connectivity index (χ1v) is 28.5. The molecule has 8 nitrogen and oxygen atoms in total. The standard InChI is InChI=1S/C64H32N8S4.Pt/c1-2-10-34-18-42-41(17-33(34)9-1)57-53(49-25-73-29-65-49)59-43-19-35-11-3-4-12-36(35)20-44(43)61(70-59)55(51-27-75-31-67-51)63-47-23-39-15-7-8-16-40(39)24-48(47)64(72-63)56(52-28-76-32-68-52)62-46-22-38-14-6-5-13-37(38)21-45(46)60(71-62)54(58(42)69-57)50-26-74-30-66-50;/h1-32H;/q-2;+2. The third-order valence-corrected chi connectivity index (χ3v) is 17.5. The maximum absolute atomic E-state index is 5.98. The summed E-state index contributed by atoms with van der Waals surface area (Å²) < 4.78 is 0. The Labute approximate surface area is 468 Å². The molecular formula is C64H32N8PtS4. The zero-order valence-electron chi connectivity index (χ0n) is 40.0. The van der Waals surface area contributed by atoms with Gasteiger partial charge in [-0.2, -0.15) is 0 Å². The SMILES string of the molecule is [Pt+2].c1ccc2cc3c(cc2c1)-c1nc-3c(-c2cscn2)c2[n-]c(c(-c3cscn3)c3nc(c(-c4cscn4)c4[n-]c(c1-c1cscn1)c1cc5ccccc5cc41)-c1cc4ccccc4cc1-3)c1cc3ccccc3cc21. The molecule has 3 aliphatic rings. The number of hydrogen-bond donors (Lipinski definition) is 0. The fourth-order valence-electron chi connectivity index (χ4n) is 11.7. The molecule has 0 fully saturated rings. The van der Waals surface area contributed by atoms with E-state index >= 15 is 0 Å². The van der Waals surface area contributed by atoms with Crippen LogP contribution in [0.15, 0.2) is 189 Å². The number of aromatic nitrogens is 8. The molecule has 0 atom stereocenters. The zero-order valence-corrected chi connectivity index (χ0v) is 45.5. The molecule has 1 aliphatic carbocycles. The van der Waals surface area contributed by atoms with Crippen LogP contribution >= 0.6 is 45.3 Å². The Kier molecular flexibility index (Phi) is 10.1. The minimum absolute atomic E-state index is 0. The Bertz CT molecular complexity index is 4490. The minimum atomic E-state index is 0. The van der Waals surface area contributed by atoms with Crippen molar-refractivity contribution >= 4 is 132 Å². The molecular weight excluding hydrogens is 1200 g/mol. The molecule has 17 rings (SSSR count). The van der Waals surface area contributed by atoms with Gasteiger partial charge >= 0.3 is 21.1 Å². The largest absolute Gasteiger partial charge is 2.00 e. The van der Waals surface area contributed by atoms with Crippen LogP contribution < -0.4 is 9.97 Å². The topological polar surface area (TPSA) is 106 Å². The smallest absolute Gasteiger partial charge is 0.656 e. The summed E-state index contributed by atoms with van der Waals surface area (Å²) in [5, 5.41) is 21.2. The molecule has 0 N–H and O–H groups in total. The van der Waals surface area contributed by atoms with Crippen LogP contribution in [0, 0.1) is 0 Å². The first-order valence-electron chi connectivity index (χ1n) is 24.7. The van der Waals surface area contributed by atoms with Crippen molar-refractivity contribution in [2.75, 3.05) is 0 Å².